The molecule has 1 aromatic carbocycles. The molecule has 74 valence electrons. The van der Waals surface area contributed by atoms with Gasteiger partial charge in [-0.2, -0.15) is 0 Å². The van der Waals surface area contributed by atoms with Gasteiger partial charge in [-0.3, -0.25) is 0 Å². The van der Waals surface area contributed by atoms with Crippen molar-refractivity contribution < 1.29 is 9.84 Å². The fraction of sp³-hybridized carbons (Fsp3) is 0.500. The summed E-state index contributed by atoms with van der Waals surface area (Å²) < 4.78 is 5.50. The minimum atomic E-state index is -0.373. The van der Waals surface area contributed by atoms with E-state index in [1.165, 1.54) is 11.1 Å². The average molecular weight is 190 g/mol. The molecular weight excluding hydrogens is 176 g/mol. The predicted octanol–water partition coefficient (Wildman–Crippen LogP) is 1.78. The second kappa shape index (κ2) is 2.38. The summed E-state index contributed by atoms with van der Waals surface area (Å²) in [5, 5.41) is 10.1. The van der Waals surface area contributed by atoms with Gasteiger partial charge < -0.3 is 9.84 Å². The molecule has 2 nitrogen and oxygen atoms in total. The van der Waals surface area contributed by atoms with Gasteiger partial charge in [0, 0.05) is 5.41 Å². The molecule has 2 aliphatic rings. The summed E-state index contributed by atoms with van der Waals surface area (Å²) in [5.74, 6) is 0. The maximum atomic E-state index is 10.1. The van der Waals surface area contributed by atoms with Gasteiger partial charge in [0.05, 0.1) is 6.10 Å². The topological polar surface area (TPSA) is 32.8 Å². The lowest BCUT2D eigenvalue weighted by Gasteiger charge is -2.34. The van der Waals surface area contributed by atoms with Crippen LogP contribution in [0.25, 0.3) is 0 Å². The van der Waals surface area contributed by atoms with Crippen LogP contribution in [0.1, 0.15) is 31.1 Å². The summed E-state index contributed by atoms with van der Waals surface area (Å²) in [7, 11) is 0. The van der Waals surface area contributed by atoms with E-state index in [1.54, 1.807) is 0 Å². The van der Waals surface area contributed by atoms with E-state index < -0.39 is 0 Å². The highest BCUT2D eigenvalue weighted by Gasteiger charge is 2.56. The highest BCUT2D eigenvalue weighted by Crippen LogP contribution is 2.53. The van der Waals surface area contributed by atoms with Gasteiger partial charge in [0.25, 0.3) is 0 Å². The van der Waals surface area contributed by atoms with Crippen LogP contribution >= 0.6 is 0 Å². The first kappa shape index (κ1) is 8.45. The van der Waals surface area contributed by atoms with Crippen molar-refractivity contribution in [1.29, 1.82) is 0 Å². The third-order valence-electron chi connectivity index (χ3n) is 3.54. The fourth-order valence-electron chi connectivity index (χ4n) is 2.52. The summed E-state index contributed by atoms with van der Waals surface area (Å²) in [6.07, 6.45) is -0.198. The molecule has 1 aliphatic carbocycles. The molecule has 3 atom stereocenters. The lowest BCUT2D eigenvalue weighted by Crippen LogP contribution is -2.41. The number of fused-ring (bicyclic) bond motifs is 3. The van der Waals surface area contributed by atoms with Crippen molar-refractivity contribution in [1.82, 2.24) is 0 Å². The smallest absolute Gasteiger partial charge is 0.115 e. The normalized spacial score (nSPS) is 37.2. The number of ether oxygens (including phenoxy) is 1. The second-order valence-electron chi connectivity index (χ2n) is 4.78. The predicted molar refractivity (Wildman–Crippen MR) is 53.1 cm³/mol. The molecule has 0 radical (unpaired) electrons. The van der Waals surface area contributed by atoms with Crippen molar-refractivity contribution in [2.45, 2.75) is 37.6 Å². The molecular formula is C12H14O2. The van der Waals surface area contributed by atoms with Crippen LogP contribution in [0.5, 0.6) is 0 Å². The number of aliphatic hydroxyl groups is 1. The Labute approximate surface area is 83.5 Å². The molecule has 1 aromatic rings. The Balaban J connectivity index is 2.21. The van der Waals surface area contributed by atoms with E-state index in [0.29, 0.717) is 0 Å². The molecule has 0 unspecified atom stereocenters. The van der Waals surface area contributed by atoms with Crippen LogP contribution in [0, 0.1) is 0 Å². The summed E-state index contributed by atoms with van der Waals surface area (Å²) in [4.78, 5) is 0. The van der Waals surface area contributed by atoms with Crippen LogP contribution in [0.4, 0.5) is 0 Å². The summed E-state index contributed by atoms with van der Waals surface area (Å²) in [6.45, 7) is 4.16. The summed E-state index contributed by atoms with van der Waals surface area (Å²) in [5.41, 5.74) is 2.30. The van der Waals surface area contributed by atoms with Crippen LogP contribution in [0.2, 0.25) is 0 Å². The minimum absolute atomic E-state index is 0.0277. The van der Waals surface area contributed by atoms with Crippen molar-refractivity contribution in [3.05, 3.63) is 35.4 Å². The van der Waals surface area contributed by atoms with Gasteiger partial charge in [0.15, 0.2) is 0 Å². The second-order valence-corrected chi connectivity index (χ2v) is 4.78. The molecule has 0 saturated carbocycles. The third-order valence-corrected chi connectivity index (χ3v) is 3.54. The molecule has 14 heavy (non-hydrogen) atoms. The Morgan fingerprint density at radius 2 is 2.00 bits per heavy atom. The lowest BCUT2D eigenvalue weighted by molar-refractivity contribution is 0.0693. The Bertz CT molecular complexity index is 384. The van der Waals surface area contributed by atoms with E-state index in [-0.39, 0.29) is 23.7 Å². The number of benzene rings is 1. The largest absolute Gasteiger partial charge is 0.389 e. The Morgan fingerprint density at radius 3 is 2.79 bits per heavy atom. The maximum Gasteiger partial charge on any atom is 0.115 e. The molecule has 0 amide bonds. The van der Waals surface area contributed by atoms with Gasteiger partial charge in [0.2, 0.25) is 0 Å². The van der Waals surface area contributed by atoms with E-state index in [1.807, 2.05) is 12.1 Å². The molecule has 0 aromatic heterocycles. The highest BCUT2D eigenvalue weighted by atomic mass is 16.6. The molecule has 1 N–H and O–H groups in total. The maximum absolute atomic E-state index is 10.1. The zero-order valence-corrected chi connectivity index (χ0v) is 8.40. The van der Waals surface area contributed by atoms with Crippen molar-refractivity contribution in [2.24, 2.45) is 0 Å². The number of epoxide rings is 1. The first-order valence-corrected chi connectivity index (χ1v) is 5.05. The molecule has 0 spiro atoms. The van der Waals surface area contributed by atoms with Crippen LogP contribution in [-0.4, -0.2) is 17.3 Å². The molecule has 1 fully saturated rings. The molecule has 2 heteroatoms. The third kappa shape index (κ3) is 0.877. The average Bonchev–Trinajstić information content (AvgIpc) is 2.95. The lowest BCUT2D eigenvalue weighted by atomic mass is 9.71. The Kier molecular flexibility index (Phi) is 1.44. The number of rotatable bonds is 0. The zero-order chi connectivity index (χ0) is 9.92. The summed E-state index contributed by atoms with van der Waals surface area (Å²) in [6, 6.07) is 8.26. The van der Waals surface area contributed by atoms with E-state index >= 15 is 0 Å². The van der Waals surface area contributed by atoms with E-state index in [2.05, 4.69) is 26.0 Å². The molecule has 0 bridgehead atoms. The highest BCUT2D eigenvalue weighted by molar-refractivity contribution is 5.43. The van der Waals surface area contributed by atoms with E-state index in [4.69, 9.17) is 4.74 Å². The van der Waals surface area contributed by atoms with Gasteiger partial charge in [-0.1, -0.05) is 38.1 Å². The number of hydrogen-bond acceptors (Lipinski definition) is 2. The van der Waals surface area contributed by atoms with Crippen LogP contribution in [-0.2, 0) is 10.2 Å². The van der Waals surface area contributed by atoms with E-state index in [9.17, 15) is 5.11 Å². The SMILES string of the molecule is CC1(C)c2ccccc2[C@H]2O[C@H]2[C@H]1O. The van der Waals surface area contributed by atoms with Gasteiger partial charge in [-0.05, 0) is 11.1 Å². The van der Waals surface area contributed by atoms with Crippen molar-refractivity contribution in [2.75, 3.05) is 0 Å². The molecule has 1 heterocycles. The quantitative estimate of drug-likeness (QED) is 0.632. The van der Waals surface area contributed by atoms with Gasteiger partial charge in [0.1, 0.15) is 12.2 Å². The number of aliphatic hydroxyl groups excluding tert-OH is 1. The van der Waals surface area contributed by atoms with Crippen molar-refractivity contribution in [3.63, 3.8) is 0 Å². The van der Waals surface area contributed by atoms with Gasteiger partial charge >= 0.3 is 0 Å². The minimum Gasteiger partial charge on any atom is -0.389 e. The first-order chi connectivity index (χ1) is 6.62. The Morgan fingerprint density at radius 1 is 1.29 bits per heavy atom. The van der Waals surface area contributed by atoms with Crippen molar-refractivity contribution >= 4 is 0 Å². The zero-order valence-electron chi connectivity index (χ0n) is 8.40. The molecule has 1 aliphatic heterocycles. The van der Waals surface area contributed by atoms with Crippen LogP contribution in [0.3, 0.4) is 0 Å². The fourth-order valence-corrected chi connectivity index (χ4v) is 2.52. The van der Waals surface area contributed by atoms with Gasteiger partial charge in [-0.15, -0.1) is 0 Å². The molecule has 3 rings (SSSR count). The van der Waals surface area contributed by atoms with E-state index in [0.717, 1.165) is 0 Å². The monoisotopic (exact) mass is 190 g/mol. The van der Waals surface area contributed by atoms with Crippen LogP contribution in [0.15, 0.2) is 24.3 Å². The van der Waals surface area contributed by atoms with Crippen LogP contribution < -0.4 is 0 Å². The molecule has 1 saturated heterocycles. The number of hydrogen-bond donors (Lipinski definition) is 1. The standard InChI is InChI=1S/C12H14O2/c1-12(2)8-6-4-3-5-7(8)9-10(14-9)11(12)13/h3-6,9-11,13H,1-2H3/t9-,10-,11-/m1/s1. The van der Waals surface area contributed by atoms with Crippen molar-refractivity contribution in [3.8, 4) is 0 Å². The van der Waals surface area contributed by atoms with Gasteiger partial charge in [-0.25, -0.2) is 0 Å². The first-order valence-electron chi connectivity index (χ1n) is 5.05. The summed E-state index contributed by atoms with van der Waals surface area (Å²) >= 11 is 0. The Hall–Kier alpha value is -0.860.